The first-order valence-electron chi connectivity index (χ1n) is 8.55. The normalized spacial score (nSPS) is 28.7. The third kappa shape index (κ3) is 6.15. The van der Waals surface area contributed by atoms with Crippen molar-refractivity contribution in [3.63, 3.8) is 0 Å². The van der Waals surface area contributed by atoms with Crippen molar-refractivity contribution in [2.24, 2.45) is 11.8 Å². The topological polar surface area (TPSA) is 15.3 Å². The number of nitrogens with one attached hydrogen (secondary N) is 1. The van der Waals surface area contributed by atoms with Crippen LogP contribution in [0, 0.1) is 11.8 Å². The van der Waals surface area contributed by atoms with Crippen LogP contribution < -0.4 is 5.32 Å². The Morgan fingerprint density at radius 1 is 0.952 bits per heavy atom. The molecule has 0 aromatic rings. The highest BCUT2D eigenvalue weighted by Crippen LogP contribution is 2.39. The number of alkyl halides is 3. The molecule has 2 nitrogen and oxygen atoms in total. The summed E-state index contributed by atoms with van der Waals surface area (Å²) in [6.07, 6.45) is 3.30. The van der Waals surface area contributed by atoms with Gasteiger partial charge in [0, 0.05) is 0 Å². The van der Waals surface area contributed by atoms with Crippen LogP contribution in [-0.4, -0.2) is 43.8 Å². The second-order valence-electron chi connectivity index (χ2n) is 6.72. The average Bonchev–Trinajstić information content (AvgIpc) is 2.47. The lowest BCUT2D eigenvalue weighted by Gasteiger charge is -2.30. The van der Waals surface area contributed by atoms with Crippen molar-refractivity contribution < 1.29 is 13.2 Å². The lowest BCUT2D eigenvalue weighted by Crippen LogP contribution is -2.34. The fraction of sp³-hybridized carbons (Fsp3) is 1.00. The minimum absolute atomic E-state index is 0.323. The highest BCUT2D eigenvalue weighted by atomic mass is 19.4. The molecule has 0 aromatic heterocycles. The average molecular weight is 306 g/mol. The molecule has 1 aliphatic heterocycles. The zero-order valence-electron chi connectivity index (χ0n) is 12.9. The summed E-state index contributed by atoms with van der Waals surface area (Å²) in [7, 11) is 0. The van der Waals surface area contributed by atoms with E-state index in [2.05, 4.69) is 10.2 Å². The summed E-state index contributed by atoms with van der Waals surface area (Å²) in [5.74, 6) is -0.605. The van der Waals surface area contributed by atoms with Gasteiger partial charge in [-0.3, -0.25) is 0 Å². The Hall–Kier alpha value is -0.290. The quantitative estimate of drug-likeness (QED) is 0.751. The molecule has 0 aromatic carbocycles. The van der Waals surface area contributed by atoms with E-state index in [1.807, 2.05) is 0 Å². The number of hydrogen-bond acceptors (Lipinski definition) is 2. The third-order valence-corrected chi connectivity index (χ3v) is 5.02. The van der Waals surface area contributed by atoms with Gasteiger partial charge in [-0.1, -0.05) is 6.42 Å². The van der Waals surface area contributed by atoms with Gasteiger partial charge in [0.2, 0.25) is 0 Å². The van der Waals surface area contributed by atoms with E-state index in [9.17, 15) is 13.2 Å². The third-order valence-electron chi connectivity index (χ3n) is 5.02. The van der Waals surface area contributed by atoms with Crippen LogP contribution in [0.3, 0.4) is 0 Å². The van der Waals surface area contributed by atoms with Crippen molar-refractivity contribution in [1.82, 2.24) is 10.2 Å². The van der Waals surface area contributed by atoms with Gasteiger partial charge in [0.05, 0.1) is 5.92 Å². The van der Waals surface area contributed by atoms with Crippen LogP contribution in [0.15, 0.2) is 0 Å². The van der Waals surface area contributed by atoms with Crippen LogP contribution in [-0.2, 0) is 0 Å². The summed E-state index contributed by atoms with van der Waals surface area (Å²) >= 11 is 0. The number of likely N-dealkylation sites (tertiary alicyclic amines) is 1. The molecule has 2 fully saturated rings. The Bertz CT molecular complexity index is 280. The van der Waals surface area contributed by atoms with E-state index in [0.717, 1.165) is 38.9 Å². The van der Waals surface area contributed by atoms with E-state index >= 15 is 0 Å². The van der Waals surface area contributed by atoms with E-state index in [0.29, 0.717) is 18.8 Å². The Morgan fingerprint density at radius 2 is 1.62 bits per heavy atom. The minimum atomic E-state index is -3.98. The zero-order valence-corrected chi connectivity index (χ0v) is 12.9. The molecule has 0 amide bonds. The van der Waals surface area contributed by atoms with Gasteiger partial charge in [0.25, 0.3) is 0 Å². The molecule has 1 saturated heterocycles. The van der Waals surface area contributed by atoms with Gasteiger partial charge >= 0.3 is 6.18 Å². The molecule has 124 valence electrons. The molecule has 21 heavy (non-hydrogen) atoms. The first kappa shape index (κ1) is 17.1. The molecule has 5 heteroatoms. The van der Waals surface area contributed by atoms with Gasteiger partial charge in [0.1, 0.15) is 0 Å². The molecule has 0 spiro atoms. The summed E-state index contributed by atoms with van der Waals surface area (Å²) in [6, 6.07) is 0. The van der Waals surface area contributed by atoms with E-state index in [1.165, 1.54) is 32.4 Å². The van der Waals surface area contributed by atoms with Crippen molar-refractivity contribution >= 4 is 0 Å². The summed E-state index contributed by atoms with van der Waals surface area (Å²) < 4.78 is 37.7. The van der Waals surface area contributed by atoms with E-state index in [1.54, 1.807) is 0 Å². The summed E-state index contributed by atoms with van der Waals surface area (Å²) in [6.45, 7) is 5.52. The molecule has 0 atom stereocenters. The lowest BCUT2D eigenvalue weighted by atomic mass is 9.81. The summed E-state index contributed by atoms with van der Waals surface area (Å²) in [4.78, 5) is 2.53. The molecule has 2 rings (SSSR count). The summed E-state index contributed by atoms with van der Waals surface area (Å²) in [5, 5.41) is 3.44. The first-order chi connectivity index (χ1) is 10.1. The standard InChI is InChI=1S/C16H29F3N2/c17-16(18,19)15-7-5-14(6-8-15)13-20-9-4-12-21-10-2-1-3-11-21/h14-15,20H,1-13H2. The second-order valence-corrected chi connectivity index (χ2v) is 6.72. The molecule has 1 aliphatic carbocycles. The van der Waals surface area contributed by atoms with Gasteiger partial charge in [-0.05, 0) is 83.6 Å². The minimum Gasteiger partial charge on any atom is -0.316 e. The van der Waals surface area contributed by atoms with Gasteiger partial charge in [-0.2, -0.15) is 13.2 Å². The molecule has 1 saturated carbocycles. The first-order valence-corrected chi connectivity index (χ1v) is 8.55. The zero-order chi connectivity index (χ0) is 15.1. The van der Waals surface area contributed by atoms with Gasteiger partial charge in [-0.25, -0.2) is 0 Å². The monoisotopic (exact) mass is 306 g/mol. The van der Waals surface area contributed by atoms with E-state index in [4.69, 9.17) is 0 Å². The van der Waals surface area contributed by atoms with Crippen molar-refractivity contribution in [2.45, 2.75) is 57.5 Å². The molecule has 0 radical (unpaired) electrons. The fourth-order valence-corrected chi connectivity index (χ4v) is 3.61. The number of halogens is 3. The van der Waals surface area contributed by atoms with E-state index < -0.39 is 12.1 Å². The number of hydrogen-bond donors (Lipinski definition) is 1. The maximum Gasteiger partial charge on any atom is 0.391 e. The Labute approximate surface area is 126 Å². The molecular weight excluding hydrogens is 277 g/mol. The second kappa shape index (κ2) is 8.37. The maximum atomic E-state index is 12.6. The van der Waals surface area contributed by atoms with Crippen molar-refractivity contribution in [1.29, 1.82) is 0 Å². The highest BCUT2D eigenvalue weighted by molar-refractivity contribution is 4.78. The van der Waals surface area contributed by atoms with Crippen LogP contribution >= 0.6 is 0 Å². The fourth-order valence-electron chi connectivity index (χ4n) is 3.61. The van der Waals surface area contributed by atoms with Crippen molar-refractivity contribution in [3.05, 3.63) is 0 Å². The summed E-state index contributed by atoms with van der Waals surface area (Å²) in [5.41, 5.74) is 0. The largest absolute Gasteiger partial charge is 0.391 e. The molecular formula is C16H29F3N2. The molecule has 2 aliphatic rings. The smallest absolute Gasteiger partial charge is 0.316 e. The molecule has 0 unspecified atom stereocenters. The Balaban J connectivity index is 1.48. The predicted octanol–water partition coefficient (Wildman–Crippen LogP) is 3.82. The Morgan fingerprint density at radius 3 is 2.24 bits per heavy atom. The van der Waals surface area contributed by atoms with E-state index in [-0.39, 0.29) is 0 Å². The highest BCUT2D eigenvalue weighted by Gasteiger charge is 2.41. The van der Waals surface area contributed by atoms with Gasteiger partial charge in [-0.15, -0.1) is 0 Å². The van der Waals surface area contributed by atoms with Crippen molar-refractivity contribution in [3.8, 4) is 0 Å². The Kier molecular flexibility index (Phi) is 6.80. The maximum absolute atomic E-state index is 12.6. The number of nitrogens with zero attached hydrogens (tertiary/aromatic N) is 1. The molecule has 0 bridgehead atoms. The predicted molar refractivity (Wildman–Crippen MR) is 79.3 cm³/mol. The van der Waals surface area contributed by atoms with Crippen LogP contribution in [0.5, 0.6) is 0 Å². The van der Waals surface area contributed by atoms with Crippen LogP contribution in [0.2, 0.25) is 0 Å². The van der Waals surface area contributed by atoms with Crippen molar-refractivity contribution in [2.75, 3.05) is 32.7 Å². The van der Waals surface area contributed by atoms with Crippen LogP contribution in [0.25, 0.3) is 0 Å². The number of piperidine rings is 1. The molecule has 1 heterocycles. The van der Waals surface area contributed by atoms with Gasteiger partial charge < -0.3 is 10.2 Å². The number of rotatable bonds is 6. The lowest BCUT2D eigenvalue weighted by molar-refractivity contribution is -0.183. The van der Waals surface area contributed by atoms with Crippen LogP contribution in [0.4, 0.5) is 13.2 Å². The molecule has 1 N–H and O–H groups in total. The van der Waals surface area contributed by atoms with Gasteiger partial charge in [0.15, 0.2) is 0 Å². The van der Waals surface area contributed by atoms with Crippen LogP contribution in [0.1, 0.15) is 51.4 Å². The SMILES string of the molecule is FC(F)(F)C1CCC(CNCCCN2CCCCC2)CC1.